The van der Waals surface area contributed by atoms with Crippen molar-refractivity contribution in [1.82, 2.24) is 10.4 Å². The van der Waals surface area contributed by atoms with Crippen molar-refractivity contribution >= 4 is 11.8 Å². The molecule has 0 saturated heterocycles. The van der Waals surface area contributed by atoms with E-state index in [0.29, 0.717) is 11.5 Å². The number of hydrogen-bond acceptors (Lipinski definition) is 2. The molecule has 2 amide bonds. The van der Waals surface area contributed by atoms with Gasteiger partial charge in [0.2, 0.25) is 5.91 Å². The number of carbonyl (C=O) groups is 2. The van der Waals surface area contributed by atoms with E-state index in [9.17, 15) is 9.59 Å². The van der Waals surface area contributed by atoms with Gasteiger partial charge in [0.05, 0.1) is 11.5 Å². The molecule has 4 nitrogen and oxygen atoms in total. The fourth-order valence-electron chi connectivity index (χ4n) is 1.92. The Labute approximate surface area is 126 Å². The third-order valence-corrected chi connectivity index (χ3v) is 3.03. The lowest BCUT2D eigenvalue weighted by Crippen LogP contribution is -2.57. The highest BCUT2D eigenvalue weighted by Gasteiger charge is 2.35. The minimum absolute atomic E-state index is 0.225. The summed E-state index contributed by atoms with van der Waals surface area (Å²) in [5.74, 6) is 0.0282. The average Bonchev–Trinajstić information content (AvgIpc) is 2.97. The maximum absolute atomic E-state index is 12.5. The highest BCUT2D eigenvalue weighted by molar-refractivity contribution is 6.00. The minimum atomic E-state index is -0.529. The SMILES string of the molecule is CC(C)(C)N(NC(=O)c1ccccc1)C(=O)[C]1[CH][CH][CH][CH]1. The van der Waals surface area contributed by atoms with Crippen molar-refractivity contribution < 1.29 is 9.59 Å². The number of nitrogens with zero attached hydrogens (tertiary/aromatic N) is 1. The molecule has 1 aromatic carbocycles. The van der Waals surface area contributed by atoms with E-state index >= 15 is 0 Å². The van der Waals surface area contributed by atoms with Gasteiger partial charge >= 0.3 is 0 Å². The van der Waals surface area contributed by atoms with Crippen LogP contribution < -0.4 is 5.43 Å². The number of benzene rings is 1. The first kappa shape index (κ1) is 15.5. The van der Waals surface area contributed by atoms with E-state index in [0.717, 1.165) is 0 Å². The molecule has 0 atom stereocenters. The van der Waals surface area contributed by atoms with E-state index in [1.54, 1.807) is 49.9 Å². The minimum Gasteiger partial charge on any atom is -0.272 e. The standard InChI is InChI=1S/C17H19N2O2/c1-17(2,3)19(16(21)14-11-7-8-12-14)18-15(20)13-9-5-4-6-10-13/h4-12H,1-3H3,(H,18,20). The topological polar surface area (TPSA) is 49.4 Å². The zero-order valence-corrected chi connectivity index (χ0v) is 12.5. The molecule has 1 fully saturated rings. The molecule has 5 radical (unpaired) electrons. The summed E-state index contributed by atoms with van der Waals surface area (Å²) in [5, 5.41) is 1.37. The van der Waals surface area contributed by atoms with Crippen LogP contribution in [0.15, 0.2) is 30.3 Å². The largest absolute Gasteiger partial charge is 0.272 e. The molecule has 1 aliphatic carbocycles. The number of hydrazine groups is 1. The maximum atomic E-state index is 12.5. The molecule has 109 valence electrons. The molecule has 0 heterocycles. The first-order chi connectivity index (χ1) is 9.89. The maximum Gasteiger partial charge on any atom is 0.269 e. The number of amides is 2. The Balaban J connectivity index is 2.13. The van der Waals surface area contributed by atoms with Gasteiger partial charge in [0, 0.05) is 5.56 Å². The van der Waals surface area contributed by atoms with Crippen LogP contribution in [0.1, 0.15) is 31.1 Å². The van der Waals surface area contributed by atoms with Crippen LogP contribution in [-0.4, -0.2) is 22.4 Å². The van der Waals surface area contributed by atoms with Crippen LogP contribution in [0.2, 0.25) is 0 Å². The van der Waals surface area contributed by atoms with Gasteiger partial charge in [-0.3, -0.25) is 15.0 Å². The van der Waals surface area contributed by atoms with Crippen molar-refractivity contribution in [2.45, 2.75) is 26.3 Å². The second-order valence-electron chi connectivity index (χ2n) is 5.79. The third-order valence-electron chi connectivity index (χ3n) is 3.03. The van der Waals surface area contributed by atoms with Gasteiger partial charge in [0.15, 0.2) is 0 Å². The Bertz CT molecular complexity index is 499. The third kappa shape index (κ3) is 3.84. The Kier molecular flexibility index (Phi) is 4.66. The predicted molar refractivity (Wildman–Crippen MR) is 81.0 cm³/mol. The monoisotopic (exact) mass is 283 g/mol. The molecule has 0 bridgehead atoms. The van der Waals surface area contributed by atoms with Gasteiger partial charge in [0.25, 0.3) is 5.91 Å². The summed E-state index contributed by atoms with van der Waals surface area (Å²) in [4.78, 5) is 24.8. The Morgan fingerprint density at radius 2 is 1.57 bits per heavy atom. The van der Waals surface area contributed by atoms with Crippen molar-refractivity contribution in [1.29, 1.82) is 0 Å². The van der Waals surface area contributed by atoms with Crippen molar-refractivity contribution in [2.75, 3.05) is 0 Å². The van der Waals surface area contributed by atoms with Crippen LogP contribution in [0, 0.1) is 31.6 Å². The number of carbonyl (C=O) groups excluding carboxylic acids is 2. The number of hydrogen-bond donors (Lipinski definition) is 1. The van der Waals surface area contributed by atoms with Crippen molar-refractivity contribution in [3.05, 3.63) is 67.5 Å². The lowest BCUT2D eigenvalue weighted by Gasteiger charge is -2.36. The number of rotatable bonds is 2. The molecular formula is C17H19N2O2. The summed E-state index contributed by atoms with van der Waals surface area (Å²) < 4.78 is 0. The fourth-order valence-corrected chi connectivity index (χ4v) is 1.92. The van der Waals surface area contributed by atoms with Crippen LogP contribution in [0.5, 0.6) is 0 Å². The van der Waals surface area contributed by atoms with Gasteiger partial charge in [0.1, 0.15) is 0 Å². The van der Waals surface area contributed by atoms with Gasteiger partial charge in [-0.05, 0) is 58.6 Å². The molecule has 1 N–H and O–H groups in total. The molecule has 0 spiro atoms. The zero-order chi connectivity index (χ0) is 15.5. The average molecular weight is 283 g/mol. The van der Waals surface area contributed by atoms with Gasteiger partial charge in [-0.25, -0.2) is 5.01 Å². The van der Waals surface area contributed by atoms with Gasteiger partial charge in [-0.1, -0.05) is 18.2 Å². The summed E-state index contributed by atoms with van der Waals surface area (Å²) >= 11 is 0. The van der Waals surface area contributed by atoms with E-state index in [-0.39, 0.29) is 11.8 Å². The summed E-state index contributed by atoms with van der Waals surface area (Å²) in [6, 6.07) is 8.84. The second kappa shape index (κ2) is 6.29. The van der Waals surface area contributed by atoms with Crippen LogP contribution >= 0.6 is 0 Å². The first-order valence-electron chi connectivity index (χ1n) is 6.82. The second-order valence-corrected chi connectivity index (χ2v) is 5.79. The fraction of sp³-hybridized carbons (Fsp3) is 0.235. The molecule has 0 aliphatic heterocycles. The van der Waals surface area contributed by atoms with E-state index in [1.165, 1.54) is 5.01 Å². The molecule has 4 heteroatoms. The Hall–Kier alpha value is -1.84. The van der Waals surface area contributed by atoms with Gasteiger partial charge in [-0.15, -0.1) is 0 Å². The highest BCUT2D eigenvalue weighted by Crippen LogP contribution is 2.27. The summed E-state index contributed by atoms with van der Waals surface area (Å²) in [6.45, 7) is 5.62. The van der Waals surface area contributed by atoms with E-state index < -0.39 is 5.54 Å². The quantitative estimate of drug-likeness (QED) is 0.847. The molecule has 0 aromatic heterocycles. The van der Waals surface area contributed by atoms with E-state index in [4.69, 9.17) is 0 Å². The van der Waals surface area contributed by atoms with E-state index in [2.05, 4.69) is 5.43 Å². The van der Waals surface area contributed by atoms with Gasteiger partial charge in [-0.2, -0.15) is 0 Å². The normalized spacial score (nSPS) is 15.8. The van der Waals surface area contributed by atoms with Crippen LogP contribution in [0.4, 0.5) is 0 Å². The van der Waals surface area contributed by atoms with Crippen LogP contribution in [0.25, 0.3) is 0 Å². The van der Waals surface area contributed by atoms with Gasteiger partial charge < -0.3 is 0 Å². The first-order valence-corrected chi connectivity index (χ1v) is 6.82. The lowest BCUT2D eigenvalue weighted by atomic mass is 10.0. The Morgan fingerprint density at radius 3 is 2.10 bits per heavy atom. The Morgan fingerprint density at radius 1 is 1.00 bits per heavy atom. The molecule has 21 heavy (non-hydrogen) atoms. The molecule has 0 unspecified atom stereocenters. The highest BCUT2D eigenvalue weighted by atomic mass is 16.2. The molecule has 1 aromatic rings. The predicted octanol–water partition coefficient (Wildman–Crippen LogP) is 2.36. The molecule has 1 saturated carbocycles. The van der Waals surface area contributed by atoms with Crippen LogP contribution in [0.3, 0.4) is 0 Å². The summed E-state index contributed by atoms with van der Waals surface area (Å²) in [6.07, 6.45) is 7.06. The van der Waals surface area contributed by atoms with Crippen LogP contribution in [-0.2, 0) is 4.79 Å². The van der Waals surface area contributed by atoms with Crippen molar-refractivity contribution in [3.63, 3.8) is 0 Å². The zero-order valence-electron chi connectivity index (χ0n) is 12.5. The summed E-state index contributed by atoms with van der Waals surface area (Å²) in [5.41, 5.74) is 2.69. The summed E-state index contributed by atoms with van der Waals surface area (Å²) in [7, 11) is 0. The smallest absolute Gasteiger partial charge is 0.269 e. The molecule has 2 rings (SSSR count). The van der Waals surface area contributed by atoms with E-state index in [1.807, 2.05) is 26.8 Å². The van der Waals surface area contributed by atoms with Crippen molar-refractivity contribution in [3.8, 4) is 0 Å². The molecule has 1 aliphatic rings. The molecular weight excluding hydrogens is 264 g/mol. The van der Waals surface area contributed by atoms with Crippen molar-refractivity contribution in [2.24, 2.45) is 0 Å². The lowest BCUT2D eigenvalue weighted by molar-refractivity contribution is -0.136. The number of nitrogens with one attached hydrogen (secondary N) is 1.